The molecular weight excluding hydrogens is 406 g/mol. The first-order valence-corrected chi connectivity index (χ1v) is 12.8. The van der Waals surface area contributed by atoms with Gasteiger partial charge in [-0.3, -0.25) is 14.4 Å². The summed E-state index contributed by atoms with van der Waals surface area (Å²) < 4.78 is 5.22. The highest BCUT2D eigenvalue weighted by molar-refractivity contribution is 5.72. The van der Waals surface area contributed by atoms with E-state index < -0.39 is 5.97 Å². The van der Waals surface area contributed by atoms with Crippen molar-refractivity contribution in [1.82, 2.24) is 5.06 Å². The first kappa shape index (κ1) is 27.1. The number of rotatable bonds is 12. The standard InChI is InChI=1S/C26H47NO5/c1-25(2)18-20(19-26(3,4)27(25)32-21-14-10-9-11-15-21)22(24(30)31-5)16-12-7-6-8-13-17-23(28)29/h20-22H,6-19H2,1-5H3,(H,28,29). The van der Waals surface area contributed by atoms with Gasteiger partial charge in [0.25, 0.3) is 0 Å². The number of nitrogens with zero attached hydrogens (tertiary/aromatic N) is 1. The summed E-state index contributed by atoms with van der Waals surface area (Å²) in [6.07, 6.45) is 14.0. The number of carbonyl (C=O) groups is 2. The topological polar surface area (TPSA) is 76.1 Å². The highest BCUT2D eigenvalue weighted by Gasteiger charge is 2.50. The Balaban J connectivity index is 1.95. The molecule has 1 atom stereocenters. The van der Waals surface area contributed by atoms with Crippen LogP contribution in [0, 0.1) is 11.8 Å². The fraction of sp³-hybridized carbons (Fsp3) is 0.923. The zero-order valence-electron chi connectivity index (χ0n) is 21.2. The van der Waals surface area contributed by atoms with E-state index in [1.807, 2.05) is 0 Å². The van der Waals surface area contributed by atoms with Gasteiger partial charge in [0.2, 0.25) is 0 Å². The van der Waals surface area contributed by atoms with Gasteiger partial charge >= 0.3 is 11.9 Å². The highest BCUT2D eigenvalue weighted by Crippen LogP contribution is 2.46. The van der Waals surface area contributed by atoms with E-state index in [-0.39, 0.29) is 35.3 Å². The van der Waals surface area contributed by atoms with Crippen LogP contribution in [0.15, 0.2) is 0 Å². The molecule has 0 amide bonds. The molecule has 1 aliphatic carbocycles. The Labute approximate surface area is 195 Å². The van der Waals surface area contributed by atoms with Crippen molar-refractivity contribution in [2.75, 3.05) is 7.11 Å². The first-order valence-electron chi connectivity index (χ1n) is 12.8. The molecule has 2 rings (SSSR count). The van der Waals surface area contributed by atoms with Gasteiger partial charge in [0, 0.05) is 17.5 Å². The average molecular weight is 454 g/mol. The number of piperidine rings is 1. The molecule has 1 saturated heterocycles. The quantitative estimate of drug-likeness (QED) is 0.283. The SMILES string of the molecule is COC(=O)C(CCCCCCCC(=O)O)C1CC(C)(C)N(OC2CCCCC2)C(C)(C)C1. The first-order chi connectivity index (χ1) is 15.1. The Morgan fingerprint density at radius 3 is 2.06 bits per heavy atom. The molecule has 0 aromatic rings. The summed E-state index contributed by atoms with van der Waals surface area (Å²) in [5, 5.41) is 11.0. The van der Waals surface area contributed by atoms with Gasteiger partial charge in [-0.1, -0.05) is 44.9 Å². The molecule has 6 nitrogen and oxygen atoms in total. The molecule has 0 bridgehead atoms. The van der Waals surface area contributed by atoms with Crippen molar-refractivity contribution >= 4 is 11.9 Å². The molecule has 2 fully saturated rings. The molecule has 1 saturated carbocycles. The number of hydrogen-bond donors (Lipinski definition) is 1. The Hall–Kier alpha value is -1.14. The number of hydroxylamine groups is 2. The lowest BCUT2D eigenvalue weighted by Gasteiger charge is -2.56. The molecule has 0 aromatic heterocycles. The van der Waals surface area contributed by atoms with Crippen molar-refractivity contribution in [1.29, 1.82) is 0 Å². The lowest BCUT2D eigenvalue weighted by molar-refractivity contribution is -0.316. The Kier molecular flexibility index (Phi) is 10.5. The minimum atomic E-state index is -0.722. The summed E-state index contributed by atoms with van der Waals surface area (Å²) in [5.74, 6) is -0.631. The van der Waals surface area contributed by atoms with Gasteiger partial charge in [-0.15, -0.1) is 0 Å². The predicted molar refractivity (Wildman–Crippen MR) is 126 cm³/mol. The maximum absolute atomic E-state index is 12.7. The van der Waals surface area contributed by atoms with Crippen LogP contribution >= 0.6 is 0 Å². The maximum Gasteiger partial charge on any atom is 0.308 e. The third kappa shape index (κ3) is 8.02. The van der Waals surface area contributed by atoms with Crippen LogP contribution in [0.2, 0.25) is 0 Å². The zero-order valence-corrected chi connectivity index (χ0v) is 21.2. The lowest BCUT2D eigenvalue weighted by Crippen LogP contribution is -2.62. The second-order valence-electron chi connectivity index (χ2n) is 11.3. The van der Waals surface area contributed by atoms with Gasteiger partial charge in [0.05, 0.1) is 19.1 Å². The Morgan fingerprint density at radius 2 is 1.50 bits per heavy atom. The van der Waals surface area contributed by atoms with Gasteiger partial charge in [0.15, 0.2) is 0 Å². The van der Waals surface area contributed by atoms with E-state index in [4.69, 9.17) is 14.7 Å². The van der Waals surface area contributed by atoms with Gasteiger partial charge < -0.3 is 9.84 Å². The fourth-order valence-electron chi connectivity index (χ4n) is 6.10. The number of aliphatic carboxylic acids is 1. The molecule has 1 aliphatic heterocycles. The lowest BCUT2D eigenvalue weighted by atomic mass is 9.69. The van der Waals surface area contributed by atoms with E-state index in [1.165, 1.54) is 26.4 Å². The molecule has 1 heterocycles. The van der Waals surface area contributed by atoms with Crippen molar-refractivity contribution in [3.63, 3.8) is 0 Å². The van der Waals surface area contributed by atoms with E-state index in [0.29, 0.717) is 6.10 Å². The van der Waals surface area contributed by atoms with Crippen LogP contribution in [0.5, 0.6) is 0 Å². The van der Waals surface area contributed by atoms with Gasteiger partial charge in [-0.05, 0) is 72.1 Å². The molecule has 0 aromatic carbocycles. The minimum absolute atomic E-state index is 0.0885. The highest BCUT2D eigenvalue weighted by atomic mass is 16.7. The predicted octanol–water partition coefficient (Wildman–Crippen LogP) is 6.12. The Morgan fingerprint density at radius 1 is 0.938 bits per heavy atom. The van der Waals surface area contributed by atoms with Crippen molar-refractivity contribution in [3.05, 3.63) is 0 Å². The van der Waals surface area contributed by atoms with E-state index in [0.717, 1.165) is 64.2 Å². The van der Waals surface area contributed by atoms with Crippen LogP contribution in [-0.4, -0.2) is 46.4 Å². The molecular formula is C26H47NO5. The average Bonchev–Trinajstić information content (AvgIpc) is 2.72. The third-order valence-corrected chi connectivity index (χ3v) is 7.41. The van der Waals surface area contributed by atoms with Crippen LogP contribution in [0.4, 0.5) is 0 Å². The van der Waals surface area contributed by atoms with Gasteiger partial charge in [-0.25, -0.2) is 0 Å². The number of carboxylic acid groups (broad SMARTS) is 1. The van der Waals surface area contributed by atoms with Crippen LogP contribution in [0.1, 0.15) is 118 Å². The molecule has 32 heavy (non-hydrogen) atoms. The number of unbranched alkanes of at least 4 members (excludes halogenated alkanes) is 4. The van der Waals surface area contributed by atoms with Gasteiger partial charge in [-0.2, -0.15) is 5.06 Å². The molecule has 0 spiro atoms. The summed E-state index contributed by atoms with van der Waals surface area (Å²) in [5.41, 5.74) is -0.292. The molecule has 0 radical (unpaired) electrons. The third-order valence-electron chi connectivity index (χ3n) is 7.41. The summed E-state index contributed by atoms with van der Waals surface area (Å²) >= 11 is 0. The van der Waals surface area contributed by atoms with E-state index in [1.54, 1.807) is 0 Å². The largest absolute Gasteiger partial charge is 0.481 e. The van der Waals surface area contributed by atoms with E-state index in [2.05, 4.69) is 32.8 Å². The summed E-state index contributed by atoms with van der Waals surface area (Å²) in [4.78, 5) is 30.0. The Bertz CT molecular complexity index is 579. The van der Waals surface area contributed by atoms with Crippen LogP contribution < -0.4 is 0 Å². The second-order valence-corrected chi connectivity index (χ2v) is 11.3. The van der Waals surface area contributed by atoms with Crippen molar-refractivity contribution in [2.24, 2.45) is 11.8 Å². The monoisotopic (exact) mass is 453 g/mol. The molecule has 6 heteroatoms. The smallest absolute Gasteiger partial charge is 0.308 e. The van der Waals surface area contributed by atoms with Crippen molar-refractivity contribution in [3.8, 4) is 0 Å². The number of ether oxygens (including phenoxy) is 1. The van der Waals surface area contributed by atoms with Crippen LogP contribution in [-0.2, 0) is 19.2 Å². The number of carboxylic acids is 1. The van der Waals surface area contributed by atoms with Crippen molar-refractivity contribution < 1.29 is 24.3 Å². The molecule has 186 valence electrons. The normalized spacial score (nSPS) is 23.0. The number of esters is 1. The zero-order chi connectivity index (χ0) is 23.8. The minimum Gasteiger partial charge on any atom is -0.481 e. The maximum atomic E-state index is 12.7. The van der Waals surface area contributed by atoms with Crippen LogP contribution in [0.3, 0.4) is 0 Å². The van der Waals surface area contributed by atoms with Crippen LogP contribution in [0.25, 0.3) is 0 Å². The summed E-state index contributed by atoms with van der Waals surface area (Å²) in [6.45, 7) is 9.00. The summed E-state index contributed by atoms with van der Waals surface area (Å²) in [6, 6.07) is 0. The van der Waals surface area contributed by atoms with E-state index >= 15 is 0 Å². The number of carbonyl (C=O) groups excluding carboxylic acids is 1. The molecule has 1 N–H and O–H groups in total. The summed E-state index contributed by atoms with van der Waals surface area (Å²) in [7, 11) is 1.50. The van der Waals surface area contributed by atoms with Gasteiger partial charge in [0.1, 0.15) is 0 Å². The van der Waals surface area contributed by atoms with Crippen molar-refractivity contribution in [2.45, 2.75) is 135 Å². The number of hydrogen-bond acceptors (Lipinski definition) is 5. The van der Waals surface area contributed by atoms with E-state index in [9.17, 15) is 9.59 Å². The number of methoxy groups -OCH3 is 1. The second kappa shape index (κ2) is 12.4. The fourth-order valence-corrected chi connectivity index (χ4v) is 6.10. The molecule has 1 unspecified atom stereocenters. The molecule has 2 aliphatic rings.